The first kappa shape index (κ1) is 11.4. The molecular weight excluding hydrogens is 226 g/mol. The summed E-state index contributed by atoms with van der Waals surface area (Å²) >= 11 is 0. The second-order valence-electron chi connectivity index (χ2n) is 4.81. The molecule has 4 heteroatoms. The zero-order valence-corrected chi connectivity index (χ0v) is 10.2. The van der Waals surface area contributed by atoms with Crippen molar-refractivity contribution in [2.75, 3.05) is 13.1 Å². The van der Waals surface area contributed by atoms with Crippen LogP contribution in [0.3, 0.4) is 0 Å². The highest BCUT2D eigenvalue weighted by Gasteiger charge is 2.19. The summed E-state index contributed by atoms with van der Waals surface area (Å²) in [5.74, 6) is 0. The number of β-amino-alcohol motifs (C(OH)–C–C–N with tert-alkyl or cyclic N) is 1. The fourth-order valence-electron chi connectivity index (χ4n) is 2.40. The topological polar surface area (TPSA) is 41.3 Å². The number of hydrogen-bond acceptors (Lipinski definition) is 3. The molecule has 0 bridgehead atoms. The van der Waals surface area contributed by atoms with E-state index in [-0.39, 0.29) is 6.10 Å². The monoisotopic (exact) mass is 243 g/mol. The zero-order chi connectivity index (χ0) is 12.4. The Morgan fingerprint density at radius 3 is 2.72 bits per heavy atom. The average molecular weight is 243 g/mol. The van der Waals surface area contributed by atoms with E-state index < -0.39 is 0 Å². The molecule has 0 aliphatic carbocycles. The standard InChI is InChI=1S/C14H17N3O/c18-14-5-7-16(10-14)9-12-1-3-13(4-2-12)17-8-6-15-11-17/h1-4,6,8,11,14,18H,5,7,9-10H2/t14-/m0/s1. The summed E-state index contributed by atoms with van der Waals surface area (Å²) in [5.41, 5.74) is 2.41. The molecule has 3 rings (SSSR count). The Kier molecular flexibility index (Phi) is 3.13. The van der Waals surface area contributed by atoms with E-state index in [1.54, 1.807) is 12.5 Å². The second-order valence-corrected chi connectivity index (χ2v) is 4.81. The van der Waals surface area contributed by atoms with Crippen molar-refractivity contribution in [3.8, 4) is 5.69 Å². The minimum atomic E-state index is -0.143. The summed E-state index contributed by atoms with van der Waals surface area (Å²) in [4.78, 5) is 6.33. The molecule has 0 amide bonds. The molecule has 1 aromatic heterocycles. The van der Waals surface area contributed by atoms with Gasteiger partial charge in [0, 0.05) is 37.7 Å². The molecule has 4 nitrogen and oxygen atoms in total. The molecule has 2 heterocycles. The van der Waals surface area contributed by atoms with Gasteiger partial charge in [-0.25, -0.2) is 4.98 Å². The molecule has 1 aliphatic rings. The van der Waals surface area contributed by atoms with Crippen molar-refractivity contribution in [2.45, 2.75) is 19.1 Å². The van der Waals surface area contributed by atoms with Gasteiger partial charge in [-0.15, -0.1) is 0 Å². The molecule has 0 radical (unpaired) electrons. The van der Waals surface area contributed by atoms with Crippen LogP contribution in [0, 0.1) is 0 Å². The van der Waals surface area contributed by atoms with Crippen molar-refractivity contribution in [2.24, 2.45) is 0 Å². The second kappa shape index (κ2) is 4.92. The van der Waals surface area contributed by atoms with Crippen LogP contribution < -0.4 is 0 Å². The third-order valence-corrected chi connectivity index (χ3v) is 3.39. The quantitative estimate of drug-likeness (QED) is 0.887. The number of benzene rings is 1. The number of aliphatic hydroxyl groups excluding tert-OH is 1. The maximum atomic E-state index is 9.49. The van der Waals surface area contributed by atoms with Crippen LogP contribution in [0.5, 0.6) is 0 Å². The van der Waals surface area contributed by atoms with Crippen LogP contribution in [0.15, 0.2) is 43.0 Å². The number of nitrogens with zero attached hydrogens (tertiary/aromatic N) is 3. The molecule has 1 aromatic carbocycles. The Morgan fingerprint density at radius 1 is 1.28 bits per heavy atom. The van der Waals surface area contributed by atoms with Gasteiger partial charge in [-0.05, 0) is 24.1 Å². The summed E-state index contributed by atoms with van der Waals surface area (Å²) in [5, 5.41) is 9.49. The highest BCUT2D eigenvalue weighted by molar-refractivity contribution is 5.34. The van der Waals surface area contributed by atoms with E-state index in [1.807, 2.05) is 10.8 Å². The fraction of sp³-hybridized carbons (Fsp3) is 0.357. The van der Waals surface area contributed by atoms with Gasteiger partial charge in [0.05, 0.1) is 12.4 Å². The lowest BCUT2D eigenvalue weighted by Crippen LogP contribution is -2.21. The van der Waals surface area contributed by atoms with Crippen molar-refractivity contribution in [1.82, 2.24) is 14.5 Å². The van der Waals surface area contributed by atoms with Crippen LogP contribution >= 0.6 is 0 Å². The van der Waals surface area contributed by atoms with Gasteiger partial charge in [-0.3, -0.25) is 4.90 Å². The SMILES string of the molecule is O[C@H]1CCN(Cc2ccc(-n3ccnc3)cc2)C1. The molecule has 1 N–H and O–H groups in total. The van der Waals surface area contributed by atoms with Gasteiger partial charge in [-0.2, -0.15) is 0 Å². The van der Waals surface area contributed by atoms with Gasteiger partial charge in [0.2, 0.25) is 0 Å². The van der Waals surface area contributed by atoms with E-state index in [1.165, 1.54) is 5.56 Å². The van der Waals surface area contributed by atoms with Crippen LogP contribution in [0.1, 0.15) is 12.0 Å². The van der Waals surface area contributed by atoms with E-state index in [2.05, 4.69) is 34.1 Å². The number of likely N-dealkylation sites (tertiary alicyclic amines) is 1. The molecule has 1 atom stereocenters. The van der Waals surface area contributed by atoms with Crippen molar-refractivity contribution in [1.29, 1.82) is 0 Å². The summed E-state index contributed by atoms with van der Waals surface area (Å²) in [6.07, 6.45) is 6.26. The van der Waals surface area contributed by atoms with E-state index >= 15 is 0 Å². The van der Waals surface area contributed by atoms with Gasteiger partial charge in [0.15, 0.2) is 0 Å². The molecule has 2 aromatic rings. The largest absolute Gasteiger partial charge is 0.392 e. The highest BCUT2D eigenvalue weighted by Crippen LogP contribution is 2.15. The lowest BCUT2D eigenvalue weighted by atomic mass is 10.2. The van der Waals surface area contributed by atoms with Gasteiger partial charge in [0.25, 0.3) is 0 Å². The summed E-state index contributed by atoms with van der Waals surface area (Å²) in [6.45, 7) is 2.70. The lowest BCUT2D eigenvalue weighted by molar-refractivity contribution is 0.175. The normalized spacial score (nSPS) is 20.4. The fourth-order valence-corrected chi connectivity index (χ4v) is 2.40. The third kappa shape index (κ3) is 2.44. The van der Waals surface area contributed by atoms with Gasteiger partial charge >= 0.3 is 0 Å². The first-order valence-corrected chi connectivity index (χ1v) is 6.29. The number of aliphatic hydroxyl groups is 1. The maximum Gasteiger partial charge on any atom is 0.0991 e. The van der Waals surface area contributed by atoms with Crippen molar-refractivity contribution < 1.29 is 5.11 Å². The van der Waals surface area contributed by atoms with Crippen molar-refractivity contribution in [3.05, 3.63) is 48.5 Å². The number of aromatic nitrogens is 2. The first-order chi connectivity index (χ1) is 8.81. The number of imidazole rings is 1. The molecule has 1 aliphatic heterocycles. The highest BCUT2D eigenvalue weighted by atomic mass is 16.3. The van der Waals surface area contributed by atoms with Crippen LogP contribution in [0.25, 0.3) is 5.69 Å². The molecule has 1 fully saturated rings. The molecule has 0 spiro atoms. The Hall–Kier alpha value is -1.65. The van der Waals surface area contributed by atoms with E-state index in [0.29, 0.717) is 0 Å². The smallest absolute Gasteiger partial charge is 0.0991 e. The third-order valence-electron chi connectivity index (χ3n) is 3.39. The summed E-state index contributed by atoms with van der Waals surface area (Å²) in [6, 6.07) is 8.48. The first-order valence-electron chi connectivity index (χ1n) is 6.29. The Bertz CT molecular complexity index is 492. The van der Waals surface area contributed by atoms with Crippen molar-refractivity contribution >= 4 is 0 Å². The van der Waals surface area contributed by atoms with Crippen LogP contribution in [-0.4, -0.2) is 38.8 Å². The molecule has 94 valence electrons. The predicted molar refractivity (Wildman–Crippen MR) is 69.5 cm³/mol. The molecule has 18 heavy (non-hydrogen) atoms. The van der Waals surface area contributed by atoms with Gasteiger partial charge < -0.3 is 9.67 Å². The maximum absolute atomic E-state index is 9.49. The molecule has 0 saturated carbocycles. The van der Waals surface area contributed by atoms with Crippen LogP contribution in [-0.2, 0) is 6.54 Å². The zero-order valence-electron chi connectivity index (χ0n) is 10.2. The molecule has 1 saturated heterocycles. The molecule has 0 unspecified atom stereocenters. The lowest BCUT2D eigenvalue weighted by Gasteiger charge is -2.15. The Balaban J connectivity index is 1.68. The predicted octanol–water partition coefficient (Wildman–Crippen LogP) is 1.44. The van der Waals surface area contributed by atoms with Crippen LogP contribution in [0.2, 0.25) is 0 Å². The van der Waals surface area contributed by atoms with Gasteiger partial charge in [0.1, 0.15) is 0 Å². The molecular formula is C14H17N3O. The van der Waals surface area contributed by atoms with Crippen LogP contribution in [0.4, 0.5) is 0 Å². The van der Waals surface area contributed by atoms with E-state index in [9.17, 15) is 5.11 Å². The Labute approximate surface area is 107 Å². The van der Waals surface area contributed by atoms with Crippen molar-refractivity contribution in [3.63, 3.8) is 0 Å². The Morgan fingerprint density at radius 2 is 2.11 bits per heavy atom. The summed E-state index contributed by atoms with van der Waals surface area (Å²) < 4.78 is 1.99. The number of rotatable bonds is 3. The summed E-state index contributed by atoms with van der Waals surface area (Å²) in [7, 11) is 0. The minimum absolute atomic E-state index is 0.143. The van der Waals surface area contributed by atoms with Gasteiger partial charge in [-0.1, -0.05) is 12.1 Å². The minimum Gasteiger partial charge on any atom is -0.392 e. The number of hydrogen-bond donors (Lipinski definition) is 1. The van der Waals surface area contributed by atoms with E-state index in [0.717, 1.165) is 31.7 Å². The van der Waals surface area contributed by atoms with E-state index in [4.69, 9.17) is 0 Å². The average Bonchev–Trinajstić information content (AvgIpc) is 3.02.